The fourth-order valence-corrected chi connectivity index (χ4v) is 4.50. The molecule has 1 fully saturated rings. The van der Waals surface area contributed by atoms with E-state index in [1.165, 1.54) is 6.07 Å². The zero-order valence-electron chi connectivity index (χ0n) is 20.2. The number of rotatable bonds is 7. The van der Waals surface area contributed by atoms with Gasteiger partial charge in [-0.05, 0) is 67.9 Å². The Balaban J connectivity index is 1.37. The van der Waals surface area contributed by atoms with Crippen molar-refractivity contribution in [2.45, 2.75) is 13.3 Å². The lowest BCUT2D eigenvalue weighted by Gasteiger charge is -2.32. The number of aromatic nitrogens is 3. The molecule has 1 aliphatic rings. The van der Waals surface area contributed by atoms with E-state index in [0.717, 1.165) is 72.4 Å². The number of hydrogen-bond donors (Lipinski definition) is 0. The zero-order valence-corrected chi connectivity index (χ0v) is 20.2. The molecule has 4 aromatic rings. The van der Waals surface area contributed by atoms with Crippen molar-refractivity contribution in [3.63, 3.8) is 0 Å². The number of ether oxygens (including phenoxy) is 1. The minimum Gasteiger partial charge on any atom is -0.477 e. The van der Waals surface area contributed by atoms with E-state index >= 15 is 0 Å². The van der Waals surface area contributed by atoms with Crippen molar-refractivity contribution in [3.8, 4) is 28.3 Å². The second kappa shape index (κ2) is 10.5. The van der Waals surface area contributed by atoms with Gasteiger partial charge in [0.1, 0.15) is 12.1 Å². The first-order valence-electron chi connectivity index (χ1n) is 12.1. The molecule has 35 heavy (non-hydrogen) atoms. The standard InChI is InChI=1S/C28H30FN5O/c1-20-17-22(6-8-25(20)29)27-23(5-3-10-30-27)21-7-9-26-24(18-21)28(32-19-31-26)35-16-4-11-34-14-12-33(2)13-15-34/h3,5-10,17-19H,4,11-16H2,1-2H3. The number of hydrogen-bond acceptors (Lipinski definition) is 6. The molecule has 7 heteroatoms. The van der Waals surface area contributed by atoms with Gasteiger partial charge in [-0.25, -0.2) is 14.4 Å². The van der Waals surface area contributed by atoms with Gasteiger partial charge in [0.2, 0.25) is 5.88 Å². The molecule has 0 atom stereocenters. The van der Waals surface area contributed by atoms with Gasteiger partial charge in [-0.1, -0.05) is 12.1 Å². The van der Waals surface area contributed by atoms with Crippen LogP contribution in [0.2, 0.25) is 0 Å². The monoisotopic (exact) mass is 471 g/mol. The van der Waals surface area contributed by atoms with E-state index < -0.39 is 0 Å². The number of likely N-dealkylation sites (N-methyl/N-ethyl adjacent to an activating group) is 1. The third kappa shape index (κ3) is 5.31. The minimum atomic E-state index is -0.219. The van der Waals surface area contributed by atoms with Crippen LogP contribution in [0.25, 0.3) is 33.3 Å². The molecule has 0 aliphatic carbocycles. The Kier molecular flexibility index (Phi) is 6.97. The summed E-state index contributed by atoms with van der Waals surface area (Å²) < 4.78 is 20.0. The van der Waals surface area contributed by atoms with Gasteiger partial charge < -0.3 is 14.5 Å². The van der Waals surface area contributed by atoms with Gasteiger partial charge in [-0.3, -0.25) is 4.98 Å². The first-order valence-corrected chi connectivity index (χ1v) is 12.1. The second-order valence-corrected chi connectivity index (χ2v) is 9.12. The first-order chi connectivity index (χ1) is 17.1. The quantitative estimate of drug-likeness (QED) is 0.360. The molecule has 3 heterocycles. The van der Waals surface area contributed by atoms with E-state index in [1.807, 2.05) is 30.3 Å². The molecule has 0 amide bonds. The van der Waals surface area contributed by atoms with Crippen molar-refractivity contribution in [1.29, 1.82) is 0 Å². The van der Waals surface area contributed by atoms with Gasteiger partial charge in [0.25, 0.3) is 0 Å². The van der Waals surface area contributed by atoms with Crippen LogP contribution in [0.4, 0.5) is 4.39 Å². The summed E-state index contributed by atoms with van der Waals surface area (Å²) in [5.74, 6) is 0.377. The Labute approximate surface area is 205 Å². The Hall–Kier alpha value is -3.42. The van der Waals surface area contributed by atoms with E-state index in [2.05, 4.69) is 37.9 Å². The maximum atomic E-state index is 13.9. The topological polar surface area (TPSA) is 54.4 Å². The molecule has 2 aromatic carbocycles. The van der Waals surface area contributed by atoms with Crippen LogP contribution in [0.5, 0.6) is 5.88 Å². The van der Waals surface area contributed by atoms with E-state index in [-0.39, 0.29) is 5.82 Å². The number of fused-ring (bicyclic) bond motifs is 1. The molecule has 0 radical (unpaired) electrons. The molecule has 5 rings (SSSR count). The smallest absolute Gasteiger partial charge is 0.224 e. The minimum absolute atomic E-state index is 0.219. The summed E-state index contributed by atoms with van der Waals surface area (Å²) in [5.41, 5.74) is 5.06. The van der Waals surface area contributed by atoms with Crippen molar-refractivity contribution < 1.29 is 9.13 Å². The number of aryl methyl sites for hydroxylation is 1. The average Bonchev–Trinajstić information content (AvgIpc) is 2.89. The van der Waals surface area contributed by atoms with E-state index in [0.29, 0.717) is 18.1 Å². The maximum absolute atomic E-state index is 13.9. The Morgan fingerprint density at radius 3 is 2.60 bits per heavy atom. The van der Waals surface area contributed by atoms with Crippen molar-refractivity contribution in [1.82, 2.24) is 24.8 Å². The molecule has 2 aromatic heterocycles. The summed E-state index contributed by atoms with van der Waals surface area (Å²) in [6.07, 6.45) is 4.26. The van der Waals surface area contributed by atoms with Crippen molar-refractivity contribution in [2.24, 2.45) is 0 Å². The fraction of sp³-hybridized carbons (Fsp3) is 0.321. The average molecular weight is 472 g/mol. The van der Waals surface area contributed by atoms with Gasteiger partial charge in [0.05, 0.1) is 23.2 Å². The SMILES string of the molecule is Cc1cc(-c2ncccc2-c2ccc3ncnc(OCCCN4CCN(C)CC4)c3c2)ccc1F. The van der Waals surface area contributed by atoms with E-state index in [4.69, 9.17) is 4.74 Å². The zero-order chi connectivity index (χ0) is 24.2. The highest BCUT2D eigenvalue weighted by atomic mass is 19.1. The molecule has 1 saturated heterocycles. The van der Waals surface area contributed by atoms with Gasteiger partial charge in [0.15, 0.2) is 0 Å². The lowest BCUT2D eigenvalue weighted by Crippen LogP contribution is -2.44. The number of nitrogens with zero attached hydrogens (tertiary/aromatic N) is 5. The Bertz CT molecular complexity index is 1320. The molecule has 1 aliphatic heterocycles. The number of halogens is 1. The summed E-state index contributed by atoms with van der Waals surface area (Å²) in [6, 6.07) is 15.1. The summed E-state index contributed by atoms with van der Waals surface area (Å²) in [5, 5.41) is 0.870. The number of benzene rings is 2. The van der Waals surface area contributed by atoms with Crippen molar-refractivity contribution in [3.05, 3.63) is 72.4 Å². The molecule has 6 nitrogen and oxygen atoms in total. The van der Waals surface area contributed by atoms with E-state index in [9.17, 15) is 4.39 Å². The fourth-order valence-electron chi connectivity index (χ4n) is 4.50. The highest BCUT2D eigenvalue weighted by molar-refractivity contribution is 5.91. The normalized spacial score (nSPS) is 14.9. The highest BCUT2D eigenvalue weighted by Crippen LogP contribution is 2.34. The molecule has 0 unspecified atom stereocenters. The molecule has 180 valence electrons. The second-order valence-electron chi connectivity index (χ2n) is 9.12. The lowest BCUT2D eigenvalue weighted by atomic mass is 9.97. The van der Waals surface area contributed by atoms with Crippen LogP contribution < -0.4 is 4.74 Å². The van der Waals surface area contributed by atoms with Crippen LogP contribution in [0.3, 0.4) is 0 Å². The predicted molar refractivity (Wildman–Crippen MR) is 137 cm³/mol. The lowest BCUT2D eigenvalue weighted by molar-refractivity contribution is 0.145. The van der Waals surface area contributed by atoms with E-state index in [1.54, 1.807) is 25.5 Å². The van der Waals surface area contributed by atoms with Crippen molar-refractivity contribution >= 4 is 10.9 Å². The number of pyridine rings is 1. The molecule has 0 saturated carbocycles. The van der Waals surface area contributed by atoms with Crippen LogP contribution in [0.1, 0.15) is 12.0 Å². The molecular formula is C28H30FN5O. The first kappa shape index (κ1) is 23.3. The van der Waals surface area contributed by atoms with Crippen LogP contribution in [-0.2, 0) is 0 Å². The molecule has 0 bridgehead atoms. The summed E-state index contributed by atoms with van der Waals surface area (Å²) >= 11 is 0. The van der Waals surface area contributed by atoms with Gasteiger partial charge in [0, 0.05) is 50.0 Å². The Morgan fingerprint density at radius 2 is 1.77 bits per heavy atom. The van der Waals surface area contributed by atoms with Crippen LogP contribution in [-0.4, -0.2) is 71.1 Å². The molecule has 0 N–H and O–H groups in total. The third-order valence-electron chi connectivity index (χ3n) is 6.60. The maximum Gasteiger partial charge on any atom is 0.224 e. The molecule has 0 spiro atoms. The largest absolute Gasteiger partial charge is 0.477 e. The van der Waals surface area contributed by atoms with Gasteiger partial charge >= 0.3 is 0 Å². The van der Waals surface area contributed by atoms with Crippen LogP contribution in [0, 0.1) is 12.7 Å². The van der Waals surface area contributed by atoms with Gasteiger partial charge in [-0.2, -0.15) is 0 Å². The van der Waals surface area contributed by atoms with Crippen LogP contribution in [0.15, 0.2) is 61.1 Å². The van der Waals surface area contributed by atoms with Gasteiger partial charge in [-0.15, -0.1) is 0 Å². The molecular weight excluding hydrogens is 441 g/mol. The third-order valence-corrected chi connectivity index (χ3v) is 6.60. The predicted octanol–water partition coefficient (Wildman–Crippen LogP) is 4.82. The van der Waals surface area contributed by atoms with Crippen molar-refractivity contribution in [2.75, 3.05) is 46.4 Å². The Morgan fingerprint density at radius 1 is 0.943 bits per heavy atom. The summed E-state index contributed by atoms with van der Waals surface area (Å²) in [4.78, 5) is 18.3. The summed E-state index contributed by atoms with van der Waals surface area (Å²) in [6.45, 7) is 7.85. The van der Waals surface area contributed by atoms with Crippen LogP contribution >= 0.6 is 0 Å². The highest BCUT2D eigenvalue weighted by Gasteiger charge is 2.15. The summed E-state index contributed by atoms with van der Waals surface area (Å²) in [7, 11) is 2.17. The number of piperazine rings is 1.